The number of rotatable bonds is 2. The third kappa shape index (κ3) is 2.18. The number of nitrogens with zero attached hydrogens (tertiary/aromatic N) is 2. The summed E-state index contributed by atoms with van der Waals surface area (Å²) >= 11 is 0. The van der Waals surface area contributed by atoms with Gasteiger partial charge in [0.05, 0.1) is 0 Å². The molecule has 3 atom stereocenters. The molecule has 2 aliphatic heterocycles. The number of hydrogen-bond acceptors (Lipinski definition) is 3. The van der Waals surface area contributed by atoms with E-state index in [2.05, 4.69) is 17.1 Å². The van der Waals surface area contributed by atoms with Crippen LogP contribution in [0.25, 0.3) is 0 Å². The van der Waals surface area contributed by atoms with Gasteiger partial charge in [-0.05, 0) is 43.0 Å². The largest absolute Gasteiger partial charge is 0.378 e. The van der Waals surface area contributed by atoms with Gasteiger partial charge >= 0.3 is 0 Å². The van der Waals surface area contributed by atoms with E-state index in [4.69, 9.17) is 0 Å². The highest BCUT2D eigenvalue weighted by molar-refractivity contribution is 5.95. The Bertz CT molecular complexity index is 497. The van der Waals surface area contributed by atoms with Crippen LogP contribution in [0, 0.1) is 11.8 Å². The van der Waals surface area contributed by atoms with Crippen molar-refractivity contribution in [1.82, 2.24) is 10.2 Å². The predicted octanol–water partition coefficient (Wildman–Crippen LogP) is 1.43. The molecule has 2 aliphatic rings. The summed E-state index contributed by atoms with van der Waals surface area (Å²) in [5, 5.41) is 3.43. The van der Waals surface area contributed by atoms with Gasteiger partial charge in [-0.1, -0.05) is 0 Å². The number of likely N-dealkylation sites (tertiary alicyclic amines) is 1. The van der Waals surface area contributed by atoms with E-state index in [0.29, 0.717) is 17.9 Å². The minimum absolute atomic E-state index is 0.178. The molecule has 0 aliphatic carbocycles. The number of fused-ring (bicyclic) bond motifs is 1. The van der Waals surface area contributed by atoms with Crippen LogP contribution in [0.1, 0.15) is 17.3 Å². The van der Waals surface area contributed by atoms with Gasteiger partial charge in [0, 0.05) is 51.0 Å². The zero-order chi connectivity index (χ0) is 14.3. The van der Waals surface area contributed by atoms with Gasteiger partial charge in [-0.3, -0.25) is 4.79 Å². The first-order chi connectivity index (χ1) is 9.58. The molecule has 0 spiro atoms. The topological polar surface area (TPSA) is 35.6 Å². The van der Waals surface area contributed by atoms with E-state index in [-0.39, 0.29) is 5.91 Å². The van der Waals surface area contributed by atoms with E-state index in [1.807, 2.05) is 43.3 Å². The Hall–Kier alpha value is -1.55. The number of hydrogen-bond donors (Lipinski definition) is 1. The van der Waals surface area contributed by atoms with E-state index in [9.17, 15) is 4.79 Å². The first-order valence-corrected chi connectivity index (χ1v) is 7.37. The molecular weight excluding hydrogens is 250 g/mol. The van der Waals surface area contributed by atoms with Crippen molar-refractivity contribution in [2.24, 2.45) is 11.8 Å². The number of anilines is 1. The highest BCUT2D eigenvalue weighted by Crippen LogP contribution is 2.33. The Kier molecular flexibility index (Phi) is 3.42. The second-order valence-electron chi connectivity index (χ2n) is 6.22. The predicted molar refractivity (Wildman–Crippen MR) is 81.1 cm³/mol. The van der Waals surface area contributed by atoms with Gasteiger partial charge in [0.25, 0.3) is 5.91 Å². The highest BCUT2D eigenvalue weighted by atomic mass is 16.2. The maximum Gasteiger partial charge on any atom is 0.254 e. The van der Waals surface area contributed by atoms with Crippen LogP contribution in [0.5, 0.6) is 0 Å². The highest BCUT2D eigenvalue weighted by Gasteiger charge is 2.43. The van der Waals surface area contributed by atoms with Crippen LogP contribution in [0.2, 0.25) is 0 Å². The van der Waals surface area contributed by atoms with E-state index < -0.39 is 0 Å². The second kappa shape index (κ2) is 5.09. The van der Waals surface area contributed by atoms with E-state index in [0.717, 1.165) is 30.9 Å². The molecule has 2 saturated heterocycles. The van der Waals surface area contributed by atoms with Gasteiger partial charge in [-0.25, -0.2) is 0 Å². The van der Waals surface area contributed by atoms with Crippen LogP contribution in [0.3, 0.4) is 0 Å². The summed E-state index contributed by atoms with van der Waals surface area (Å²) in [7, 11) is 4.02. The summed E-state index contributed by atoms with van der Waals surface area (Å²) in [5.41, 5.74) is 1.92. The molecule has 1 aromatic rings. The van der Waals surface area contributed by atoms with Crippen molar-refractivity contribution in [3.63, 3.8) is 0 Å². The Morgan fingerprint density at radius 3 is 2.55 bits per heavy atom. The van der Waals surface area contributed by atoms with E-state index in [1.165, 1.54) is 0 Å². The van der Waals surface area contributed by atoms with E-state index in [1.54, 1.807) is 0 Å². The lowest BCUT2D eigenvalue weighted by Crippen LogP contribution is -2.38. The van der Waals surface area contributed by atoms with Gasteiger partial charge in [0.15, 0.2) is 0 Å². The number of carbonyl (C=O) groups excluding carboxylic acids is 1. The first-order valence-electron chi connectivity index (χ1n) is 7.37. The molecular formula is C16H23N3O. The summed E-state index contributed by atoms with van der Waals surface area (Å²) in [5.74, 6) is 1.44. The van der Waals surface area contributed by atoms with Crippen molar-refractivity contribution < 1.29 is 4.79 Å². The first kappa shape index (κ1) is 13.4. The molecule has 1 amide bonds. The normalized spacial score (nSPS) is 28.6. The molecule has 3 unspecified atom stereocenters. The van der Waals surface area contributed by atoms with Crippen molar-refractivity contribution in [2.75, 3.05) is 38.6 Å². The summed E-state index contributed by atoms with van der Waals surface area (Å²) in [6, 6.07) is 8.25. The maximum absolute atomic E-state index is 12.7. The second-order valence-corrected chi connectivity index (χ2v) is 6.22. The minimum Gasteiger partial charge on any atom is -0.378 e. The fourth-order valence-electron chi connectivity index (χ4n) is 3.50. The summed E-state index contributed by atoms with van der Waals surface area (Å²) in [4.78, 5) is 16.8. The molecule has 0 radical (unpaired) electrons. The zero-order valence-electron chi connectivity index (χ0n) is 12.5. The maximum atomic E-state index is 12.7. The summed E-state index contributed by atoms with van der Waals surface area (Å²) in [6.07, 6.45) is 0. The van der Waals surface area contributed by atoms with Crippen LogP contribution in [-0.2, 0) is 0 Å². The fraction of sp³-hybridized carbons (Fsp3) is 0.562. The fourth-order valence-corrected chi connectivity index (χ4v) is 3.50. The SMILES string of the molecule is CC1C2CNCC2CN1C(=O)c1ccc(N(C)C)cc1. The monoisotopic (exact) mass is 273 g/mol. The van der Waals surface area contributed by atoms with Gasteiger partial charge in [0.2, 0.25) is 0 Å². The van der Waals surface area contributed by atoms with Gasteiger partial charge < -0.3 is 15.1 Å². The van der Waals surface area contributed by atoms with E-state index >= 15 is 0 Å². The lowest BCUT2D eigenvalue weighted by Gasteiger charge is -2.25. The van der Waals surface area contributed by atoms with Crippen molar-refractivity contribution in [3.05, 3.63) is 29.8 Å². The quantitative estimate of drug-likeness (QED) is 0.885. The van der Waals surface area contributed by atoms with Gasteiger partial charge in [0.1, 0.15) is 0 Å². The lowest BCUT2D eigenvalue weighted by molar-refractivity contribution is 0.0728. The van der Waals surface area contributed by atoms with Crippen molar-refractivity contribution >= 4 is 11.6 Å². The van der Waals surface area contributed by atoms with Crippen LogP contribution >= 0.6 is 0 Å². The Morgan fingerprint density at radius 1 is 1.25 bits per heavy atom. The molecule has 4 heteroatoms. The molecule has 1 aromatic carbocycles. The number of nitrogens with one attached hydrogen (secondary N) is 1. The summed E-state index contributed by atoms with van der Waals surface area (Å²) < 4.78 is 0. The van der Waals surface area contributed by atoms with Crippen LogP contribution < -0.4 is 10.2 Å². The molecule has 108 valence electrons. The number of benzene rings is 1. The Labute approximate surface area is 120 Å². The van der Waals surface area contributed by atoms with Crippen LogP contribution in [0.4, 0.5) is 5.69 Å². The molecule has 2 heterocycles. The third-order valence-electron chi connectivity index (χ3n) is 4.83. The Morgan fingerprint density at radius 2 is 1.95 bits per heavy atom. The standard InChI is InChI=1S/C16H23N3O/c1-11-15-9-17-8-13(15)10-19(11)16(20)12-4-6-14(7-5-12)18(2)3/h4-7,11,13,15,17H,8-10H2,1-3H3. The van der Waals surface area contributed by atoms with Crippen molar-refractivity contribution in [2.45, 2.75) is 13.0 Å². The smallest absolute Gasteiger partial charge is 0.254 e. The zero-order valence-corrected chi connectivity index (χ0v) is 12.5. The Balaban J connectivity index is 1.76. The molecule has 2 fully saturated rings. The molecule has 4 nitrogen and oxygen atoms in total. The van der Waals surface area contributed by atoms with Crippen LogP contribution in [-0.4, -0.2) is 50.6 Å². The van der Waals surface area contributed by atoms with Crippen molar-refractivity contribution in [3.8, 4) is 0 Å². The molecule has 20 heavy (non-hydrogen) atoms. The number of carbonyl (C=O) groups is 1. The average molecular weight is 273 g/mol. The molecule has 0 bridgehead atoms. The molecule has 1 N–H and O–H groups in total. The van der Waals surface area contributed by atoms with Crippen LogP contribution in [0.15, 0.2) is 24.3 Å². The minimum atomic E-state index is 0.178. The summed E-state index contributed by atoms with van der Waals surface area (Å²) in [6.45, 7) is 5.18. The molecule has 0 saturated carbocycles. The van der Waals surface area contributed by atoms with Crippen molar-refractivity contribution in [1.29, 1.82) is 0 Å². The third-order valence-corrected chi connectivity index (χ3v) is 4.83. The molecule has 0 aromatic heterocycles. The lowest BCUT2D eigenvalue weighted by atomic mass is 9.95. The average Bonchev–Trinajstić information content (AvgIpc) is 3.02. The molecule has 3 rings (SSSR count). The van der Waals surface area contributed by atoms with Gasteiger partial charge in [-0.2, -0.15) is 0 Å². The number of amides is 1. The van der Waals surface area contributed by atoms with Gasteiger partial charge in [-0.15, -0.1) is 0 Å².